The lowest BCUT2D eigenvalue weighted by molar-refractivity contribution is -0.384. The Morgan fingerprint density at radius 2 is 2.10 bits per heavy atom. The number of pyridine rings is 1. The van der Waals surface area contributed by atoms with Crippen LogP contribution in [-0.4, -0.2) is 15.8 Å². The van der Waals surface area contributed by atoms with E-state index < -0.39 is 10.8 Å². The molecular formula is C12H10BrN5O3. The molecule has 0 aliphatic carbocycles. The van der Waals surface area contributed by atoms with Gasteiger partial charge in [0, 0.05) is 24.0 Å². The van der Waals surface area contributed by atoms with Crippen LogP contribution in [0, 0.1) is 10.1 Å². The summed E-state index contributed by atoms with van der Waals surface area (Å²) in [4.78, 5) is 26.3. The van der Waals surface area contributed by atoms with Gasteiger partial charge in [0.25, 0.3) is 11.6 Å². The monoisotopic (exact) mass is 351 g/mol. The molecule has 4 N–H and O–H groups in total. The van der Waals surface area contributed by atoms with Crippen molar-refractivity contribution in [3.63, 3.8) is 0 Å². The SMILES string of the molecule is NNc1ccc(C(=O)Nc2ccncc2Br)cc1[N+](=O)[O-]. The predicted molar refractivity (Wildman–Crippen MR) is 80.8 cm³/mol. The number of hydrogen-bond acceptors (Lipinski definition) is 6. The van der Waals surface area contributed by atoms with E-state index in [1.807, 2.05) is 0 Å². The highest BCUT2D eigenvalue weighted by Crippen LogP contribution is 2.26. The highest BCUT2D eigenvalue weighted by molar-refractivity contribution is 9.10. The quantitative estimate of drug-likeness (QED) is 0.441. The standard InChI is InChI=1S/C12H10BrN5O3/c13-8-6-15-4-3-9(8)16-12(19)7-1-2-10(17-14)11(5-7)18(20)21/h1-6,17H,14H2,(H,15,16,19). The molecule has 2 aromatic rings. The van der Waals surface area contributed by atoms with Gasteiger partial charge in [-0.3, -0.25) is 25.7 Å². The largest absolute Gasteiger partial charge is 0.321 e. The Morgan fingerprint density at radius 3 is 2.71 bits per heavy atom. The van der Waals surface area contributed by atoms with Crippen LogP contribution in [0.1, 0.15) is 10.4 Å². The molecule has 0 aliphatic heterocycles. The summed E-state index contributed by atoms with van der Waals surface area (Å²) in [6, 6.07) is 5.56. The van der Waals surface area contributed by atoms with E-state index in [-0.39, 0.29) is 16.9 Å². The van der Waals surface area contributed by atoms with Crippen molar-refractivity contribution in [3.8, 4) is 0 Å². The lowest BCUT2D eigenvalue weighted by Gasteiger charge is -2.08. The highest BCUT2D eigenvalue weighted by Gasteiger charge is 2.17. The van der Waals surface area contributed by atoms with Crippen molar-refractivity contribution in [2.45, 2.75) is 0 Å². The van der Waals surface area contributed by atoms with E-state index in [0.29, 0.717) is 10.2 Å². The van der Waals surface area contributed by atoms with E-state index >= 15 is 0 Å². The van der Waals surface area contributed by atoms with Crippen LogP contribution in [0.3, 0.4) is 0 Å². The molecule has 0 bridgehead atoms. The third-order valence-electron chi connectivity index (χ3n) is 2.63. The number of carbonyl (C=O) groups excluding carboxylic acids is 1. The summed E-state index contributed by atoms with van der Waals surface area (Å²) in [5, 5.41) is 13.6. The second-order valence-electron chi connectivity index (χ2n) is 3.94. The number of nitro benzene ring substituents is 1. The van der Waals surface area contributed by atoms with Crippen molar-refractivity contribution in [1.82, 2.24) is 4.98 Å². The van der Waals surface area contributed by atoms with E-state index in [1.54, 1.807) is 6.07 Å². The zero-order chi connectivity index (χ0) is 15.4. The molecule has 0 radical (unpaired) electrons. The number of carbonyl (C=O) groups is 1. The van der Waals surface area contributed by atoms with Gasteiger partial charge in [0.05, 0.1) is 15.1 Å². The molecule has 1 heterocycles. The number of nitro groups is 1. The first-order chi connectivity index (χ1) is 10.0. The maximum Gasteiger partial charge on any atom is 0.294 e. The number of amides is 1. The molecule has 8 nitrogen and oxygen atoms in total. The first kappa shape index (κ1) is 14.9. The number of rotatable bonds is 4. The Hall–Kier alpha value is -2.52. The van der Waals surface area contributed by atoms with Crippen LogP contribution >= 0.6 is 15.9 Å². The minimum Gasteiger partial charge on any atom is -0.321 e. The third kappa shape index (κ3) is 3.33. The Morgan fingerprint density at radius 1 is 1.33 bits per heavy atom. The van der Waals surface area contributed by atoms with Gasteiger partial charge in [0.1, 0.15) is 5.69 Å². The fourth-order valence-electron chi connectivity index (χ4n) is 1.62. The molecule has 1 amide bonds. The number of nitrogens with zero attached hydrogens (tertiary/aromatic N) is 2. The molecule has 21 heavy (non-hydrogen) atoms. The molecule has 0 saturated carbocycles. The Labute approximate surface area is 127 Å². The number of anilines is 2. The maximum atomic E-state index is 12.1. The minimum atomic E-state index is -0.617. The molecule has 2 rings (SSSR count). The van der Waals surface area contributed by atoms with Crippen molar-refractivity contribution in [2.24, 2.45) is 5.84 Å². The van der Waals surface area contributed by atoms with Crippen molar-refractivity contribution in [2.75, 3.05) is 10.7 Å². The highest BCUT2D eigenvalue weighted by atomic mass is 79.9. The van der Waals surface area contributed by atoms with Gasteiger partial charge >= 0.3 is 0 Å². The number of nitrogens with two attached hydrogens (primary N) is 1. The van der Waals surface area contributed by atoms with E-state index in [2.05, 4.69) is 31.7 Å². The summed E-state index contributed by atoms with van der Waals surface area (Å²) < 4.78 is 0.605. The summed E-state index contributed by atoms with van der Waals surface area (Å²) >= 11 is 3.25. The lowest BCUT2D eigenvalue weighted by Crippen LogP contribution is -2.14. The maximum absolute atomic E-state index is 12.1. The Bertz CT molecular complexity index is 707. The molecule has 0 atom stereocenters. The smallest absolute Gasteiger partial charge is 0.294 e. The average molecular weight is 352 g/mol. The number of benzene rings is 1. The van der Waals surface area contributed by atoms with E-state index in [9.17, 15) is 14.9 Å². The van der Waals surface area contributed by atoms with Gasteiger partial charge < -0.3 is 10.7 Å². The summed E-state index contributed by atoms with van der Waals surface area (Å²) in [5.41, 5.74) is 2.72. The zero-order valence-electron chi connectivity index (χ0n) is 10.5. The van der Waals surface area contributed by atoms with Crippen LogP contribution in [-0.2, 0) is 0 Å². The average Bonchev–Trinajstić information content (AvgIpc) is 2.48. The van der Waals surface area contributed by atoms with Gasteiger partial charge in [0.15, 0.2) is 0 Å². The second kappa shape index (κ2) is 6.29. The fraction of sp³-hybridized carbons (Fsp3) is 0. The molecule has 1 aromatic heterocycles. The van der Waals surface area contributed by atoms with Crippen molar-refractivity contribution < 1.29 is 9.72 Å². The van der Waals surface area contributed by atoms with Crippen LogP contribution in [0.15, 0.2) is 41.1 Å². The Kier molecular flexibility index (Phi) is 4.45. The second-order valence-corrected chi connectivity index (χ2v) is 4.80. The third-order valence-corrected chi connectivity index (χ3v) is 3.26. The topological polar surface area (TPSA) is 123 Å². The molecule has 108 valence electrons. The van der Waals surface area contributed by atoms with Gasteiger partial charge in [0.2, 0.25) is 0 Å². The number of hydrazine groups is 1. The number of aromatic nitrogens is 1. The summed E-state index contributed by atoms with van der Waals surface area (Å²) in [7, 11) is 0. The summed E-state index contributed by atoms with van der Waals surface area (Å²) in [6.45, 7) is 0. The van der Waals surface area contributed by atoms with Crippen LogP contribution in [0.25, 0.3) is 0 Å². The molecule has 9 heteroatoms. The predicted octanol–water partition coefficient (Wildman–Crippen LogP) is 2.29. The fourth-order valence-corrected chi connectivity index (χ4v) is 1.97. The van der Waals surface area contributed by atoms with Gasteiger partial charge in [-0.1, -0.05) is 0 Å². The molecule has 0 spiro atoms. The minimum absolute atomic E-state index is 0.127. The molecular weight excluding hydrogens is 342 g/mol. The van der Waals surface area contributed by atoms with Crippen LogP contribution < -0.4 is 16.6 Å². The lowest BCUT2D eigenvalue weighted by atomic mass is 10.1. The van der Waals surface area contributed by atoms with Gasteiger partial charge in [-0.05, 0) is 34.1 Å². The number of hydrogen-bond donors (Lipinski definition) is 3. The first-order valence-electron chi connectivity index (χ1n) is 5.69. The van der Waals surface area contributed by atoms with E-state index in [4.69, 9.17) is 5.84 Å². The zero-order valence-corrected chi connectivity index (χ0v) is 12.1. The summed E-state index contributed by atoms with van der Waals surface area (Å²) in [5.74, 6) is 4.71. The van der Waals surface area contributed by atoms with Gasteiger partial charge in [-0.2, -0.15) is 0 Å². The first-order valence-corrected chi connectivity index (χ1v) is 6.48. The van der Waals surface area contributed by atoms with Gasteiger partial charge in [-0.25, -0.2) is 0 Å². The van der Waals surface area contributed by atoms with Crippen molar-refractivity contribution in [3.05, 3.63) is 56.8 Å². The molecule has 0 unspecified atom stereocenters. The Balaban J connectivity index is 2.30. The van der Waals surface area contributed by atoms with Crippen LogP contribution in [0.2, 0.25) is 0 Å². The van der Waals surface area contributed by atoms with E-state index in [0.717, 1.165) is 6.07 Å². The van der Waals surface area contributed by atoms with Crippen LogP contribution in [0.4, 0.5) is 17.1 Å². The summed E-state index contributed by atoms with van der Waals surface area (Å²) in [6.07, 6.45) is 3.05. The van der Waals surface area contributed by atoms with Crippen LogP contribution in [0.5, 0.6) is 0 Å². The number of nitrogens with one attached hydrogen (secondary N) is 2. The normalized spacial score (nSPS) is 10.0. The number of halogens is 1. The van der Waals surface area contributed by atoms with Gasteiger partial charge in [-0.15, -0.1) is 0 Å². The van der Waals surface area contributed by atoms with Crippen molar-refractivity contribution >= 4 is 38.9 Å². The molecule has 0 fully saturated rings. The number of nitrogen functional groups attached to an aromatic ring is 1. The molecule has 1 aromatic carbocycles. The van der Waals surface area contributed by atoms with E-state index in [1.165, 1.54) is 24.5 Å². The molecule has 0 aliphatic rings. The van der Waals surface area contributed by atoms with Crippen molar-refractivity contribution in [1.29, 1.82) is 0 Å². The molecule has 0 saturated heterocycles.